The predicted octanol–water partition coefficient (Wildman–Crippen LogP) is 4.19. The van der Waals surface area contributed by atoms with E-state index in [0.29, 0.717) is 18.7 Å². The van der Waals surface area contributed by atoms with Crippen LogP contribution in [-0.2, 0) is 26.1 Å². The standard InChI is InChI=1S/C28H33F3N4O5S/c1-17-22(30)14-25(35(17)41(38,39)21-7-5-20(29)6-8-21)26(36)33-15-19-13-24(32-16-23(19)31)18-9-11-34(12-10-18)27(37)40-28(2,3)4/h5-9,13,16-17,22,25H,10-12,14-15H2,1-4H3,(H,33,36)/t17-,22+,25-/m0/s1. The minimum Gasteiger partial charge on any atom is -0.444 e. The molecule has 41 heavy (non-hydrogen) atoms. The van der Waals surface area contributed by atoms with Gasteiger partial charge in [0.05, 0.1) is 22.8 Å². The van der Waals surface area contributed by atoms with Crippen LogP contribution in [-0.4, -0.2) is 71.6 Å². The van der Waals surface area contributed by atoms with Crippen LogP contribution in [0.15, 0.2) is 47.5 Å². The SMILES string of the molecule is C[C@H]1[C@H](F)C[C@@H](C(=O)NCc2cc(C3=CCN(C(=O)OC(C)(C)C)CC3)ncc2F)N1S(=O)(=O)c1ccc(F)cc1. The number of amides is 2. The molecule has 0 bridgehead atoms. The summed E-state index contributed by atoms with van der Waals surface area (Å²) in [5.41, 5.74) is 0.745. The number of carbonyl (C=O) groups excluding carboxylic acids is 2. The summed E-state index contributed by atoms with van der Waals surface area (Å²) in [7, 11) is -4.33. The van der Waals surface area contributed by atoms with E-state index in [9.17, 15) is 31.2 Å². The van der Waals surface area contributed by atoms with Gasteiger partial charge in [-0.3, -0.25) is 9.78 Å². The van der Waals surface area contributed by atoms with Crippen LogP contribution in [0.25, 0.3) is 5.57 Å². The fraction of sp³-hybridized carbons (Fsp3) is 0.464. The number of ether oxygens (including phenoxy) is 1. The zero-order chi connectivity index (χ0) is 30.1. The molecule has 1 N–H and O–H groups in total. The first kappa shape index (κ1) is 30.5. The highest BCUT2D eigenvalue weighted by molar-refractivity contribution is 7.89. The lowest BCUT2D eigenvalue weighted by atomic mass is 10.0. The van der Waals surface area contributed by atoms with Crippen LogP contribution in [0.1, 0.15) is 51.8 Å². The molecule has 2 aliphatic heterocycles. The summed E-state index contributed by atoms with van der Waals surface area (Å²) >= 11 is 0. The minimum atomic E-state index is -4.33. The second-order valence-electron chi connectivity index (χ2n) is 11.1. The summed E-state index contributed by atoms with van der Waals surface area (Å²) < 4.78 is 75.3. The van der Waals surface area contributed by atoms with E-state index in [1.165, 1.54) is 13.0 Å². The van der Waals surface area contributed by atoms with Gasteiger partial charge in [0.15, 0.2) is 0 Å². The summed E-state index contributed by atoms with van der Waals surface area (Å²) in [5.74, 6) is -2.11. The second-order valence-corrected chi connectivity index (χ2v) is 12.9. The maximum absolute atomic E-state index is 14.7. The second kappa shape index (κ2) is 11.8. The molecule has 0 radical (unpaired) electrons. The Kier molecular flexibility index (Phi) is 8.78. The summed E-state index contributed by atoms with van der Waals surface area (Å²) in [6, 6.07) is 3.01. The third kappa shape index (κ3) is 6.89. The molecule has 1 fully saturated rings. The smallest absolute Gasteiger partial charge is 0.410 e. The van der Waals surface area contributed by atoms with Crippen molar-refractivity contribution in [2.75, 3.05) is 13.1 Å². The summed E-state index contributed by atoms with van der Waals surface area (Å²) in [6.07, 6.45) is 0.865. The van der Waals surface area contributed by atoms with E-state index in [-0.39, 0.29) is 30.0 Å². The first-order valence-electron chi connectivity index (χ1n) is 13.2. The number of aromatic nitrogens is 1. The Labute approximate surface area is 237 Å². The van der Waals surface area contributed by atoms with E-state index < -0.39 is 57.5 Å². The molecule has 9 nitrogen and oxygen atoms in total. The van der Waals surface area contributed by atoms with Gasteiger partial charge in [0.25, 0.3) is 0 Å². The van der Waals surface area contributed by atoms with Crippen molar-refractivity contribution < 1.29 is 35.9 Å². The number of nitrogens with zero attached hydrogens (tertiary/aromatic N) is 3. The summed E-state index contributed by atoms with van der Waals surface area (Å²) in [4.78, 5) is 30.9. The van der Waals surface area contributed by atoms with E-state index in [2.05, 4.69) is 10.3 Å². The maximum Gasteiger partial charge on any atom is 0.410 e. The average Bonchev–Trinajstić information content (AvgIpc) is 3.22. The zero-order valence-electron chi connectivity index (χ0n) is 23.2. The number of benzene rings is 1. The number of sulfonamides is 1. The number of carbonyl (C=O) groups is 2. The summed E-state index contributed by atoms with van der Waals surface area (Å²) in [6.45, 7) is 7.09. The Balaban J connectivity index is 1.46. The molecule has 4 rings (SSSR count). The number of hydrogen-bond acceptors (Lipinski definition) is 6. The van der Waals surface area contributed by atoms with E-state index in [1.54, 1.807) is 31.7 Å². The van der Waals surface area contributed by atoms with Gasteiger partial charge in [-0.25, -0.2) is 26.4 Å². The molecule has 2 amide bonds. The highest BCUT2D eigenvalue weighted by atomic mass is 32.2. The first-order chi connectivity index (χ1) is 19.2. The molecule has 2 aliphatic rings. The molecule has 2 aromatic rings. The number of rotatable bonds is 6. The largest absolute Gasteiger partial charge is 0.444 e. The van der Waals surface area contributed by atoms with E-state index in [4.69, 9.17) is 4.74 Å². The van der Waals surface area contributed by atoms with Crippen LogP contribution in [0.2, 0.25) is 0 Å². The normalized spacial score (nSPS) is 21.9. The molecule has 222 valence electrons. The highest BCUT2D eigenvalue weighted by Crippen LogP contribution is 2.33. The Morgan fingerprint density at radius 1 is 1.17 bits per heavy atom. The Morgan fingerprint density at radius 2 is 1.85 bits per heavy atom. The average molecular weight is 595 g/mol. The van der Waals surface area contributed by atoms with Crippen LogP contribution in [0.3, 0.4) is 0 Å². The van der Waals surface area contributed by atoms with Crippen molar-refractivity contribution in [3.63, 3.8) is 0 Å². The van der Waals surface area contributed by atoms with Crippen LogP contribution >= 0.6 is 0 Å². The lowest BCUT2D eigenvalue weighted by molar-refractivity contribution is -0.124. The lowest BCUT2D eigenvalue weighted by Crippen LogP contribution is -2.48. The van der Waals surface area contributed by atoms with Crippen molar-refractivity contribution >= 4 is 27.6 Å². The minimum absolute atomic E-state index is 0.106. The van der Waals surface area contributed by atoms with Gasteiger partial charge in [-0.1, -0.05) is 6.08 Å². The van der Waals surface area contributed by atoms with Crippen LogP contribution < -0.4 is 5.32 Å². The molecule has 3 heterocycles. The van der Waals surface area contributed by atoms with Crippen molar-refractivity contribution in [3.05, 3.63) is 65.5 Å². The van der Waals surface area contributed by atoms with Crippen LogP contribution in [0.4, 0.5) is 18.0 Å². The molecule has 13 heteroatoms. The molecule has 0 spiro atoms. The number of halogens is 3. The van der Waals surface area contributed by atoms with Crippen molar-refractivity contribution in [3.8, 4) is 0 Å². The lowest BCUT2D eigenvalue weighted by Gasteiger charge is -2.29. The Bertz CT molecular complexity index is 1440. The van der Waals surface area contributed by atoms with Gasteiger partial charge in [-0.15, -0.1) is 0 Å². The maximum atomic E-state index is 14.7. The molecule has 1 saturated heterocycles. The van der Waals surface area contributed by atoms with Gasteiger partial charge in [0.1, 0.15) is 29.4 Å². The van der Waals surface area contributed by atoms with Gasteiger partial charge in [-0.05, 0) is 70.0 Å². The summed E-state index contributed by atoms with van der Waals surface area (Å²) in [5, 5.41) is 2.53. The van der Waals surface area contributed by atoms with E-state index in [0.717, 1.165) is 40.3 Å². The molecule has 1 aromatic heterocycles. The van der Waals surface area contributed by atoms with E-state index in [1.807, 2.05) is 0 Å². The van der Waals surface area contributed by atoms with Crippen molar-refractivity contribution in [2.45, 2.75) is 75.8 Å². The molecule has 1 aromatic carbocycles. The number of nitrogens with one attached hydrogen (secondary N) is 1. The van der Waals surface area contributed by atoms with Gasteiger partial charge in [-0.2, -0.15) is 4.31 Å². The zero-order valence-corrected chi connectivity index (χ0v) is 24.1. The number of pyridine rings is 1. The van der Waals surface area contributed by atoms with Gasteiger partial charge >= 0.3 is 6.09 Å². The third-order valence-electron chi connectivity index (χ3n) is 6.95. The van der Waals surface area contributed by atoms with Gasteiger partial charge in [0.2, 0.25) is 15.9 Å². The molecule has 3 atom stereocenters. The topological polar surface area (TPSA) is 109 Å². The van der Waals surface area contributed by atoms with Crippen molar-refractivity contribution in [1.82, 2.24) is 19.5 Å². The molecular formula is C28H33F3N4O5S. The predicted molar refractivity (Wildman–Crippen MR) is 145 cm³/mol. The fourth-order valence-electron chi connectivity index (χ4n) is 4.78. The number of hydrogen-bond donors (Lipinski definition) is 1. The van der Waals surface area contributed by atoms with Gasteiger partial charge in [0, 0.05) is 31.6 Å². The Hall–Kier alpha value is -3.45. The van der Waals surface area contributed by atoms with Crippen LogP contribution in [0, 0.1) is 11.6 Å². The molecule has 0 saturated carbocycles. The van der Waals surface area contributed by atoms with Crippen LogP contribution in [0.5, 0.6) is 0 Å². The van der Waals surface area contributed by atoms with E-state index >= 15 is 0 Å². The fourth-order valence-corrected chi connectivity index (χ4v) is 6.59. The molecule has 0 aliphatic carbocycles. The third-order valence-corrected chi connectivity index (χ3v) is 8.96. The highest BCUT2D eigenvalue weighted by Gasteiger charge is 2.49. The van der Waals surface area contributed by atoms with Crippen molar-refractivity contribution in [2.24, 2.45) is 0 Å². The molecular weight excluding hydrogens is 561 g/mol. The monoisotopic (exact) mass is 594 g/mol. The van der Waals surface area contributed by atoms with Crippen molar-refractivity contribution in [1.29, 1.82) is 0 Å². The molecule has 0 unspecified atom stereocenters. The quantitative estimate of drug-likeness (QED) is 0.538. The van der Waals surface area contributed by atoms with Gasteiger partial charge < -0.3 is 15.0 Å². The first-order valence-corrected chi connectivity index (χ1v) is 14.6. The Morgan fingerprint density at radius 3 is 2.46 bits per heavy atom. The number of alkyl halides is 1.